The van der Waals surface area contributed by atoms with Gasteiger partial charge in [-0.15, -0.1) is 0 Å². The normalized spacial score (nSPS) is 46.3. The molecule has 0 saturated heterocycles. The van der Waals surface area contributed by atoms with Crippen molar-refractivity contribution in [3.05, 3.63) is 11.6 Å². The molecule has 4 nitrogen and oxygen atoms in total. The molecule has 4 rings (SSSR count). The first-order valence-corrected chi connectivity index (χ1v) is 10.9. The summed E-state index contributed by atoms with van der Waals surface area (Å²) >= 11 is 0. The van der Waals surface area contributed by atoms with Gasteiger partial charge in [0.05, 0.1) is 5.92 Å². The Morgan fingerprint density at radius 2 is 2.00 bits per heavy atom. The molecular weight excluding hydrogens is 340 g/mol. The quantitative estimate of drug-likeness (QED) is 0.779. The Labute approximate surface area is 162 Å². The van der Waals surface area contributed by atoms with Gasteiger partial charge in [-0.05, 0) is 86.0 Å². The van der Waals surface area contributed by atoms with E-state index in [4.69, 9.17) is 4.74 Å². The van der Waals surface area contributed by atoms with E-state index in [0.717, 1.165) is 51.4 Å². The van der Waals surface area contributed by atoms with Gasteiger partial charge < -0.3 is 9.84 Å². The van der Waals surface area contributed by atoms with Crippen molar-refractivity contribution in [3.8, 4) is 0 Å². The van der Waals surface area contributed by atoms with Crippen LogP contribution in [0.15, 0.2) is 11.6 Å². The summed E-state index contributed by atoms with van der Waals surface area (Å²) in [5.41, 5.74) is 1.33. The van der Waals surface area contributed by atoms with Crippen molar-refractivity contribution in [2.45, 2.75) is 78.2 Å². The van der Waals surface area contributed by atoms with Gasteiger partial charge >= 0.3 is 5.97 Å². The van der Waals surface area contributed by atoms with E-state index in [2.05, 4.69) is 20.8 Å². The van der Waals surface area contributed by atoms with E-state index in [1.165, 1.54) is 5.57 Å². The van der Waals surface area contributed by atoms with Gasteiger partial charge in [0.1, 0.15) is 6.10 Å². The topological polar surface area (TPSA) is 63.6 Å². The molecule has 0 heterocycles. The summed E-state index contributed by atoms with van der Waals surface area (Å²) < 4.78 is 5.92. The molecule has 4 aliphatic carbocycles. The van der Waals surface area contributed by atoms with Crippen LogP contribution in [-0.2, 0) is 14.3 Å². The highest BCUT2D eigenvalue weighted by atomic mass is 16.5. The zero-order valence-electron chi connectivity index (χ0n) is 17.0. The van der Waals surface area contributed by atoms with Gasteiger partial charge in [0.25, 0.3) is 0 Å². The number of aliphatic carboxylic acids is 1. The summed E-state index contributed by atoms with van der Waals surface area (Å²) in [5.74, 6) is 1.04. The Morgan fingerprint density at radius 3 is 2.70 bits per heavy atom. The minimum Gasteiger partial charge on any atom is -0.481 e. The maximum atomic E-state index is 12.5. The number of carbonyl (C=O) groups excluding carboxylic acids is 1. The lowest BCUT2D eigenvalue weighted by Crippen LogP contribution is -2.53. The lowest BCUT2D eigenvalue weighted by molar-refractivity contribution is -0.150. The molecule has 0 bridgehead atoms. The number of hydrogen-bond acceptors (Lipinski definition) is 3. The van der Waals surface area contributed by atoms with Gasteiger partial charge in [-0.2, -0.15) is 0 Å². The lowest BCUT2D eigenvalue weighted by atomic mass is 9.46. The SMILES string of the molecule is CCCOC1C[C@@]2(C)C(=CC1=O)CC[C@H]1[C@@H]3CC[C@H](C(=O)O)[C@@]3(C)CC[C@@H]12. The van der Waals surface area contributed by atoms with Gasteiger partial charge in [0, 0.05) is 6.61 Å². The van der Waals surface area contributed by atoms with Crippen LogP contribution in [0.3, 0.4) is 0 Å². The van der Waals surface area contributed by atoms with Crippen molar-refractivity contribution in [3.63, 3.8) is 0 Å². The molecule has 4 aliphatic rings. The summed E-state index contributed by atoms with van der Waals surface area (Å²) in [7, 11) is 0. The van der Waals surface area contributed by atoms with Crippen LogP contribution in [0, 0.1) is 34.5 Å². The molecule has 4 heteroatoms. The number of ketones is 1. The zero-order valence-corrected chi connectivity index (χ0v) is 17.0. The highest BCUT2D eigenvalue weighted by Crippen LogP contribution is 2.66. The molecule has 0 aromatic heterocycles. The number of ether oxygens (including phenoxy) is 1. The summed E-state index contributed by atoms with van der Waals surface area (Å²) in [6.07, 6.45) is 9.45. The molecule has 0 amide bonds. The fraction of sp³-hybridized carbons (Fsp3) is 0.826. The number of carbonyl (C=O) groups is 2. The second kappa shape index (κ2) is 6.72. The van der Waals surface area contributed by atoms with Crippen LogP contribution < -0.4 is 0 Å². The highest BCUT2D eigenvalue weighted by Gasteiger charge is 2.61. The van der Waals surface area contributed by atoms with Crippen molar-refractivity contribution in [1.29, 1.82) is 0 Å². The molecular formula is C23H34O4. The van der Waals surface area contributed by atoms with Crippen molar-refractivity contribution >= 4 is 11.8 Å². The summed E-state index contributed by atoms with van der Waals surface area (Å²) in [6, 6.07) is 0. The molecule has 1 N–H and O–H groups in total. The third-order valence-corrected chi connectivity index (χ3v) is 8.80. The molecule has 0 aromatic carbocycles. The fourth-order valence-corrected chi connectivity index (χ4v) is 7.40. The van der Waals surface area contributed by atoms with Crippen LogP contribution in [0.1, 0.15) is 72.1 Å². The Morgan fingerprint density at radius 1 is 1.22 bits per heavy atom. The molecule has 3 saturated carbocycles. The number of fused-ring (bicyclic) bond motifs is 5. The van der Waals surface area contributed by atoms with Crippen LogP contribution in [-0.4, -0.2) is 29.6 Å². The Kier molecular flexibility index (Phi) is 4.77. The first-order valence-electron chi connectivity index (χ1n) is 10.9. The zero-order chi connectivity index (χ0) is 19.4. The lowest BCUT2D eigenvalue weighted by Gasteiger charge is -2.58. The molecule has 27 heavy (non-hydrogen) atoms. The molecule has 3 fully saturated rings. The number of hydrogen-bond donors (Lipinski definition) is 1. The fourth-order valence-electron chi connectivity index (χ4n) is 7.40. The van der Waals surface area contributed by atoms with Crippen LogP contribution in [0.4, 0.5) is 0 Å². The molecule has 1 unspecified atom stereocenters. The minimum atomic E-state index is -0.600. The Balaban J connectivity index is 1.61. The monoisotopic (exact) mass is 374 g/mol. The molecule has 150 valence electrons. The van der Waals surface area contributed by atoms with Gasteiger partial charge in [0.2, 0.25) is 0 Å². The van der Waals surface area contributed by atoms with E-state index in [9.17, 15) is 14.7 Å². The molecule has 0 aliphatic heterocycles. The van der Waals surface area contributed by atoms with E-state index in [-0.39, 0.29) is 28.6 Å². The Bertz CT molecular complexity index is 667. The van der Waals surface area contributed by atoms with Gasteiger partial charge in [-0.1, -0.05) is 26.3 Å². The molecule has 0 aromatic rings. The minimum absolute atomic E-state index is 0.0396. The summed E-state index contributed by atoms with van der Waals surface area (Å²) in [5, 5.41) is 9.73. The second-order valence-corrected chi connectivity index (χ2v) is 9.98. The first-order chi connectivity index (χ1) is 12.8. The average molecular weight is 375 g/mol. The third kappa shape index (κ3) is 2.82. The molecule has 0 radical (unpaired) electrons. The third-order valence-electron chi connectivity index (χ3n) is 8.80. The predicted molar refractivity (Wildman–Crippen MR) is 103 cm³/mol. The van der Waals surface area contributed by atoms with E-state index >= 15 is 0 Å². The largest absolute Gasteiger partial charge is 0.481 e. The molecule has 7 atom stereocenters. The first kappa shape index (κ1) is 19.2. The number of allylic oxidation sites excluding steroid dienone is 1. The number of carboxylic acids is 1. The summed E-state index contributed by atoms with van der Waals surface area (Å²) in [4.78, 5) is 24.4. The van der Waals surface area contributed by atoms with Gasteiger partial charge in [-0.3, -0.25) is 9.59 Å². The number of carboxylic acid groups (broad SMARTS) is 1. The number of rotatable bonds is 4. The van der Waals surface area contributed by atoms with Crippen molar-refractivity contribution < 1.29 is 19.4 Å². The van der Waals surface area contributed by atoms with Crippen LogP contribution >= 0.6 is 0 Å². The van der Waals surface area contributed by atoms with Crippen LogP contribution in [0.2, 0.25) is 0 Å². The Hall–Kier alpha value is -1.16. The van der Waals surface area contributed by atoms with Crippen molar-refractivity contribution in [2.24, 2.45) is 34.5 Å². The smallest absolute Gasteiger partial charge is 0.307 e. The van der Waals surface area contributed by atoms with Crippen molar-refractivity contribution in [2.75, 3.05) is 6.61 Å². The van der Waals surface area contributed by atoms with Crippen molar-refractivity contribution in [1.82, 2.24) is 0 Å². The molecule has 0 spiro atoms. The van der Waals surface area contributed by atoms with Gasteiger partial charge in [0.15, 0.2) is 5.78 Å². The van der Waals surface area contributed by atoms with Crippen LogP contribution in [0.5, 0.6) is 0 Å². The standard InChI is InChI=1S/C23H34O4/c1-4-11-27-20-13-23(3)14(12-19(20)24)5-6-15-16-7-8-18(21(25)26)22(16,2)10-9-17(15)23/h12,15-18,20H,4-11,13H2,1-3H3,(H,25,26)/t15-,16-,17-,18+,20?,22-,23-/m0/s1. The van der Waals surface area contributed by atoms with E-state index in [1.807, 2.05) is 6.08 Å². The van der Waals surface area contributed by atoms with E-state index < -0.39 is 5.97 Å². The predicted octanol–water partition coefficient (Wildman–Crippen LogP) is 4.62. The van der Waals surface area contributed by atoms with Crippen LogP contribution in [0.25, 0.3) is 0 Å². The summed E-state index contributed by atoms with van der Waals surface area (Å²) in [6.45, 7) is 7.32. The highest BCUT2D eigenvalue weighted by molar-refractivity contribution is 5.95. The van der Waals surface area contributed by atoms with E-state index in [1.54, 1.807) is 0 Å². The van der Waals surface area contributed by atoms with Gasteiger partial charge in [-0.25, -0.2) is 0 Å². The second-order valence-electron chi connectivity index (χ2n) is 9.98. The maximum absolute atomic E-state index is 12.5. The maximum Gasteiger partial charge on any atom is 0.307 e. The van der Waals surface area contributed by atoms with E-state index in [0.29, 0.717) is 24.4 Å². The average Bonchev–Trinajstić information content (AvgIpc) is 2.98.